The molecule has 1 amide bonds. The number of hydrogen-bond acceptors (Lipinski definition) is 6. The molecular weight excluding hydrogens is 316 g/mol. The van der Waals surface area contributed by atoms with Gasteiger partial charge in [-0.25, -0.2) is 4.98 Å². The fraction of sp³-hybridized carbons (Fsp3) is 0.333. The van der Waals surface area contributed by atoms with Gasteiger partial charge in [-0.15, -0.1) is 11.3 Å². The minimum absolute atomic E-state index is 0.0405. The molecule has 8 heteroatoms. The molecule has 0 spiro atoms. The molecule has 0 fully saturated rings. The molecule has 1 aromatic heterocycles. The molecule has 1 N–H and O–H groups in total. The average molecular weight is 334 g/mol. The van der Waals surface area contributed by atoms with Crippen molar-refractivity contribution < 1.29 is 9.72 Å². The van der Waals surface area contributed by atoms with E-state index in [9.17, 15) is 14.9 Å². The van der Waals surface area contributed by atoms with Crippen LogP contribution in [0.3, 0.4) is 0 Å². The fourth-order valence-corrected chi connectivity index (χ4v) is 3.09. The molecule has 0 aliphatic rings. The van der Waals surface area contributed by atoms with E-state index >= 15 is 0 Å². The number of carbonyl (C=O) groups excluding carboxylic acids is 1. The van der Waals surface area contributed by atoms with Crippen LogP contribution in [-0.2, 0) is 17.9 Å². The summed E-state index contributed by atoms with van der Waals surface area (Å²) in [5.74, 6) is -0.0405. The Kier molecular flexibility index (Phi) is 5.78. The van der Waals surface area contributed by atoms with Crippen LogP contribution in [0.2, 0.25) is 0 Å². The summed E-state index contributed by atoms with van der Waals surface area (Å²) >= 11 is 1.41. The third kappa shape index (κ3) is 4.33. The normalized spacial score (nSPS) is 10.5. The minimum Gasteiger partial charge on any atom is -0.307 e. The zero-order chi connectivity index (χ0) is 16.8. The van der Waals surface area contributed by atoms with Gasteiger partial charge < -0.3 is 5.32 Å². The summed E-state index contributed by atoms with van der Waals surface area (Å²) in [5, 5.41) is 16.7. The van der Waals surface area contributed by atoms with E-state index in [0.717, 1.165) is 5.69 Å². The quantitative estimate of drug-likeness (QED) is 0.621. The van der Waals surface area contributed by atoms with Crippen LogP contribution in [-0.4, -0.2) is 22.4 Å². The molecule has 0 aliphatic carbocycles. The van der Waals surface area contributed by atoms with Crippen molar-refractivity contribution in [3.8, 4) is 0 Å². The smallest absolute Gasteiger partial charge is 0.273 e. The van der Waals surface area contributed by atoms with Crippen LogP contribution in [0, 0.1) is 10.1 Å². The van der Waals surface area contributed by atoms with Crippen LogP contribution in [0.4, 0.5) is 10.8 Å². The Morgan fingerprint density at radius 1 is 1.39 bits per heavy atom. The number of nitro groups is 1. The molecule has 0 unspecified atom stereocenters. The molecule has 122 valence electrons. The van der Waals surface area contributed by atoms with Gasteiger partial charge in [-0.1, -0.05) is 18.2 Å². The van der Waals surface area contributed by atoms with Gasteiger partial charge in [-0.3, -0.25) is 19.8 Å². The Morgan fingerprint density at radius 3 is 2.78 bits per heavy atom. The van der Waals surface area contributed by atoms with Gasteiger partial charge >= 0.3 is 0 Å². The maximum absolute atomic E-state index is 11.5. The lowest BCUT2D eigenvalue weighted by Crippen LogP contribution is -2.27. The number of aromatic nitrogens is 1. The van der Waals surface area contributed by atoms with Crippen LogP contribution in [0.1, 0.15) is 25.1 Å². The first-order chi connectivity index (χ1) is 11.0. The van der Waals surface area contributed by atoms with E-state index in [-0.39, 0.29) is 16.5 Å². The summed E-state index contributed by atoms with van der Waals surface area (Å²) in [7, 11) is 0. The second kappa shape index (κ2) is 7.80. The lowest BCUT2D eigenvalue weighted by atomic mass is 10.2. The molecule has 2 aromatic rings. The molecule has 2 rings (SSSR count). The van der Waals surface area contributed by atoms with Crippen molar-refractivity contribution >= 4 is 28.1 Å². The fourth-order valence-electron chi connectivity index (χ4n) is 2.16. The molecule has 7 nitrogen and oxygen atoms in total. The van der Waals surface area contributed by atoms with E-state index in [1.165, 1.54) is 24.3 Å². The lowest BCUT2D eigenvalue weighted by molar-refractivity contribution is -0.385. The van der Waals surface area contributed by atoms with E-state index in [1.54, 1.807) is 23.1 Å². The summed E-state index contributed by atoms with van der Waals surface area (Å²) in [6.45, 7) is 4.85. The standard InChI is InChI=1S/C15H18N4O3S/c1-3-18(11(2)20)15-17-13(10-23-15)9-16-8-12-6-4-5-7-14(12)19(21)22/h4-7,10,16H,3,8-9H2,1-2H3. The predicted octanol–water partition coefficient (Wildman–Crippen LogP) is 2.71. The van der Waals surface area contributed by atoms with Gasteiger partial charge in [0.05, 0.1) is 10.6 Å². The molecule has 0 bridgehead atoms. The van der Waals surface area contributed by atoms with Crippen LogP contribution >= 0.6 is 11.3 Å². The number of para-hydroxylation sites is 1. The van der Waals surface area contributed by atoms with Gasteiger partial charge in [0.15, 0.2) is 5.13 Å². The van der Waals surface area contributed by atoms with Gasteiger partial charge in [-0.05, 0) is 6.92 Å². The minimum atomic E-state index is -0.385. The first-order valence-electron chi connectivity index (χ1n) is 7.18. The number of anilines is 1. The molecule has 1 aromatic carbocycles. The van der Waals surface area contributed by atoms with Crippen LogP contribution in [0.5, 0.6) is 0 Å². The van der Waals surface area contributed by atoms with Gasteiger partial charge in [0, 0.05) is 43.6 Å². The van der Waals surface area contributed by atoms with Gasteiger partial charge in [-0.2, -0.15) is 0 Å². The predicted molar refractivity (Wildman–Crippen MR) is 89.5 cm³/mol. The Labute approximate surface area is 138 Å². The zero-order valence-electron chi connectivity index (χ0n) is 13.0. The Balaban J connectivity index is 1.96. The van der Waals surface area contributed by atoms with Crippen molar-refractivity contribution in [2.45, 2.75) is 26.9 Å². The summed E-state index contributed by atoms with van der Waals surface area (Å²) in [4.78, 5) is 28.1. The van der Waals surface area contributed by atoms with Crippen molar-refractivity contribution in [1.82, 2.24) is 10.3 Å². The number of nitrogens with zero attached hydrogens (tertiary/aromatic N) is 3. The third-order valence-electron chi connectivity index (χ3n) is 3.28. The van der Waals surface area contributed by atoms with E-state index < -0.39 is 0 Å². The number of nitrogens with one attached hydrogen (secondary N) is 1. The molecule has 23 heavy (non-hydrogen) atoms. The summed E-state index contributed by atoms with van der Waals surface area (Å²) in [6, 6.07) is 6.64. The van der Waals surface area contributed by atoms with Gasteiger partial charge in [0.1, 0.15) is 0 Å². The van der Waals surface area contributed by atoms with E-state index in [4.69, 9.17) is 0 Å². The molecule has 0 aliphatic heterocycles. The van der Waals surface area contributed by atoms with Crippen molar-refractivity contribution in [1.29, 1.82) is 0 Å². The van der Waals surface area contributed by atoms with Crippen molar-refractivity contribution in [2.24, 2.45) is 0 Å². The second-order valence-corrected chi connectivity index (χ2v) is 5.71. The number of thiazole rings is 1. The van der Waals surface area contributed by atoms with Crippen molar-refractivity contribution in [3.05, 3.63) is 51.0 Å². The average Bonchev–Trinajstić information content (AvgIpc) is 2.96. The van der Waals surface area contributed by atoms with Crippen LogP contribution in [0.15, 0.2) is 29.6 Å². The van der Waals surface area contributed by atoms with Crippen LogP contribution in [0.25, 0.3) is 0 Å². The molecule has 0 radical (unpaired) electrons. The van der Waals surface area contributed by atoms with Gasteiger partial charge in [0.2, 0.25) is 5.91 Å². The molecule has 0 saturated carbocycles. The second-order valence-electron chi connectivity index (χ2n) is 4.87. The highest BCUT2D eigenvalue weighted by molar-refractivity contribution is 7.14. The summed E-state index contributed by atoms with van der Waals surface area (Å²) in [6.07, 6.45) is 0. The Morgan fingerprint density at radius 2 is 2.13 bits per heavy atom. The molecule has 0 atom stereocenters. The topological polar surface area (TPSA) is 88.4 Å². The monoisotopic (exact) mass is 334 g/mol. The number of amides is 1. The number of hydrogen-bond donors (Lipinski definition) is 1. The lowest BCUT2D eigenvalue weighted by Gasteiger charge is -2.14. The van der Waals surface area contributed by atoms with E-state index in [2.05, 4.69) is 10.3 Å². The number of benzene rings is 1. The van der Waals surface area contributed by atoms with Crippen LogP contribution < -0.4 is 10.2 Å². The number of carbonyl (C=O) groups is 1. The third-order valence-corrected chi connectivity index (χ3v) is 4.19. The SMILES string of the molecule is CCN(C(C)=O)c1nc(CNCc2ccccc2[N+](=O)[O-])cs1. The highest BCUT2D eigenvalue weighted by Crippen LogP contribution is 2.21. The highest BCUT2D eigenvalue weighted by atomic mass is 32.1. The maximum Gasteiger partial charge on any atom is 0.273 e. The summed E-state index contributed by atoms with van der Waals surface area (Å²) < 4.78 is 0. The van der Waals surface area contributed by atoms with E-state index in [1.807, 2.05) is 12.3 Å². The van der Waals surface area contributed by atoms with Crippen molar-refractivity contribution in [2.75, 3.05) is 11.4 Å². The Bertz CT molecular complexity index is 702. The first kappa shape index (κ1) is 17.0. The highest BCUT2D eigenvalue weighted by Gasteiger charge is 2.14. The molecule has 0 saturated heterocycles. The van der Waals surface area contributed by atoms with Gasteiger partial charge in [0.25, 0.3) is 5.69 Å². The number of rotatable bonds is 7. The largest absolute Gasteiger partial charge is 0.307 e. The molecule has 1 heterocycles. The summed E-state index contributed by atoms with van der Waals surface area (Å²) in [5.41, 5.74) is 1.54. The maximum atomic E-state index is 11.5. The Hall–Kier alpha value is -2.32. The van der Waals surface area contributed by atoms with Crippen molar-refractivity contribution in [3.63, 3.8) is 0 Å². The van der Waals surface area contributed by atoms with E-state index in [0.29, 0.717) is 30.3 Å². The number of nitro benzene ring substituents is 1. The zero-order valence-corrected chi connectivity index (χ0v) is 13.8. The first-order valence-corrected chi connectivity index (χ1v) is 8.06. The molecular formula is C15H18N4O3S.